The Balaban J connectivity index is 2.13. The summed E-state index contributed by atoms with van der Waals surface area (Å²) in [5, 5.41) is 51.3. The van der Waals surface area contributed by atoms with Crippen molar-refractivity contribution in [3.8, 4) is 28.7 Å². The van der Waals surface area contributed by atoms with Gasteiger partial charge in [0.2, 0.25) is 0 Å². The molecule has 0 amide bonds. The number of hydrogen-bond acceptors (Lipinski definition) is 8. The largest absolute Gasteiger partial charge is 0.508 e. The highest BCUT2D eigenvalue weighted by Gasteiger charge is 2.24. The summed E-state index contributed by atoms with van der Waals surface area (Å²) in [6.07, 6.45) is 4.12. The molecule has 0 fully saturated rings. The van der Waals surface area contributed by atoms with E-state index in [0.29, 0.717) is 24.0 Å². The third kappa shape index (κ3) is 5.63. The molecule has 0 bridgehead atoms. The maximum atomic E-state index is 12.9. The van der Waals surface area contributed by atoms with Crippen molar-refractivity contribution >= 4 is 10.8 Å². The second-order valence-electron chi connectivity index (χ2n) is 8.43. The first-order valence-corrected chi connectivity index (χ1v) is 11.7. The van der Waals surface area contributed by atoms with Gasteiger partial charge in [0.25, 0.3) is 0 Å². The van der Waals surface area contributed by atoms with Gasteiger partial charge in [0.15, 0.2) is 17.8 Å². The molecule has 184 valence electrons. The molecule has 0 atom stereocenters. The molecule has 1 aromatic heterocycles. The number of hydrogen-bond donors (Lipinski definition) is 5. The van der Waals surface area contributed by atoms with Crippen LogP contribution in [0, 0.1) is 0 Å². The van der Waals surface area contributed by atoms with Crippen LogP contribution < -0.4 is 10.4 Å². The van der Waals surface area contributed by atoms with Gasteiger partial charge in [-0.2, -0.15) is 0 Å². The number of fused-ring (bicyclic) bond motifs is 1. The highest BCUT2D eigenvalue weighted by atomic mass is 16.5. The molecule has 0 spiro atoms. The summed E-state index contributed by atoms with van der Waals surface area (Å²) >= 11 is 0. The van der Waals surface area contributed by atoms with Crippen molar-refractivity contribution in [3.63, 3.8) is 0 Å². The van der Waals surface area contributed by atoms with Crippen molar-refractivity contribution in [2.45, 2.75) is 71.5 Å². The predicted molar refractivity (Wildman–Crippen MR) is 128 cm³/mol. The molecule has 0 saturated heterocycles. The number of aryl methyl sites for hydroxylation is 1. The van der Waals surface area contributed by atoms with Gasteiger partial charge >= 0.3 is 5.63 Å². The van der Waals surface area contributed by atoms with Crippen LogP contribution in [0.5, 0.6) is 28.7 Å². The van der Waals surface area contributed by atoms with Crippen LogP contribution >= 0.6 is 0 Å². The molecule has 0 radical (unpaired) electrons. The summed E-state index contributed by atoms with van der Waals surface area (Å²) in [4.78, 5) is 12.9. The molecule has 3 aromatic rings. The van der Waals surface area contributed by atoms with Crippen molar-refractivity contribution < 1.29 is 34.7 Å². The van der Waals surface area contributed by atoms with E-state index in [1.165, 1.54) is 12.1 Å². The van der Waals surface area contributed by atoms with Crippen molar-refractivity contribution in [1.29, 1.82) is 0 Å². The van der Waals surface area contributed by atoms with E-state index in [1.54, 1.807) is 6.07 Å². The Kier molecular flexibility index (Phi) is 8.41. The maximum absolute atomic E-state index is 12.9. The average Bonchev–Trinajstić information content (AvgIpc) is 2.75. The third-order valence-corrected chi connectivity index (χ3v) is 5.77. The van der Waals surface area contributed by atoms with Gasteiger partial charge < -0.3 is 34.7 Å². The van der Waals surface area contributed by atoms with Crippen LogP contribution in [0.25, 0.3) is 10.8 Å². The minimum Gasteiger partial charge on any atom is -0.508 e. The summed E-state index contributed by atoms with van der Waals surface area (Å²) in [6.45, 7) is 4.09. The Morgan fingerprint density at radius 1 is 0.882 bits per heavy atom. The molecule has 0 saturated carbocycles. The fourth-order valence-corrected chi connectivity index (χ4v) is 4.10. The van der Waals surface area contributed by atoms with E-state index in [4.69, 9.17) is 9.15 Å². The second kappa shape index (κ2) is 11.3. The molecule has 5 N–H and O–H groups in total. The second-order valence-corrected chi connectivity index (χ2v) is 8.43. The lowest BCUT2D eigenvalue weighted by Crippen LogP contribution is -2.07. The normalized spacial score (nSPS) is 11.4. The lowest BCUT2D eigenvalue weighted by atomic mass is 9.98. The number of aliphatic hydroxyl groups is 2. The topological polar surface area (TPSA) is 141 Å². The van der Waals surface area contributed by atoms with Gasteiger partial charge in [-0.25, -0.2) is 4.79 Å². The van der Waals surface area contributed by atoms with E-state index < -0.39 is 23.4 Å². The summed E-state index contributed by atoms with van der Waals surface area (Å²) in [5.74, 6) is -0.758. The summed E-state index contributed by atoms with van der Waals surface area (Å²) in [6, 6.07) is 5.30. The fourth-order valence-electron chi connectivity index (χ4n) is 4.10. The zero-order chi connectivity index (χ0) is 24.8. The van der Waals surface area contributed by atoms with Gasteiger partial charge in [-0.1, -0.05) is 39.5 Å². The molecule has 0 unspecified atom stereocenters. The van der Waals surface area contributed by atoms with Crippen molar-refractivity contribution in [1.82, 2.24) is 0 Å². The smallest absolute Gasteiger partial charge is 0.347 e. The van der Waals surface area contributed by atoms with Crippen LogP contribution in [0.1, 0.15) is 75.5 Å². The average molecular weight is 473 g/mol. The number of unbranched alkanes of at least 4 members (excludes halogenated alkanes) is 4. The fraction of sp³-hybridized carbons (Fsp3) is 0.423. The van der Waals surface area contributed by atoms with E-state index in [-0.39, 0.29) is 40.2 Å². The predicted octanol–water partition coefficient (Wildman–Crippen LogP) is 5.15. The van der Waals surface area contributed by atoms with E-state index in [2.05, 4.69) is 6.92 Å². The zero-order valence-electron chi connectivity index (χ0n) is 19.5. The molecule has 0 aliphatic rings. The molecule has 0 aliphatic heterocycles. The van der Waals surface area contributed by atoms with Crippen LogP contribution in [-0.4, -0.2) is 25.5 Å². The third-order valence-electron chi connectivity index (χ3n) is 5.77. The van der Waals surface area contributed by atoms with Crippen LogP contribution in [0.4, 0.5) is 0 Å². The van der Waals surface area contributed by atoms with Crippen molar-refractivity contribution in [2.75, 3.05) is 0 Å². The van der Waals surface area contributed by atoms with Crippen LogP contribution in [0.3, 0.4) is 0 Å². The van der Waals surface area contributed by atoms with Gasteiger partial charge in [0.1, 0.15) is 28.4 Å². The quantitative estimate of drug-likeness (QED) is 0.191. The summed E-state index contributed by atoms with van der Waals surface area (Å²) in [5.41, 5.74) is -0.621. The number of phenolic OH excluding ortho intramolecular Hbond substituents is 3. The molecule has 3 rings (SSSR count). The van der Waals surface area contributed by atoms with E-state index in [9.17, 15) is 30.3 Å². The number of aliphatic hydroxyl groups excluding tert-OH is 1. The molecule has 1 heterocycles. The Hall–Kier alpha value is -3.23. The van der Waals surface area contributed by atoms with Gasteiger partial charge in [0, 0.05) is 24.1 Å². The Morgan fingerprint density at radius 3 is 2.21 bits per heavy atom. The number of aromatic hydroxyl groups is 3. The minimum atomic E-state index is -2.00. The highest BCUT2D eigenvalue weighted by molar-refractivity contribution is 5.89. The standard InChI is InChI=1S/C26H32O8/c1-3-5-7-9-17-12-15-11-16(27)13-21(22(15)26(32)33-17)34-24-18(10-8-6-4-2)23(25(30)31)19(28)14-20(24)29/h11-14,25,27-31H,3-10H2,1-2H3. The Morgan fingerprint density at radius 2 is 1.56 bits per heavy atom. The van der Waals surface area contributed by atoms with E-state index in [0.717, 1.165) is 38.2 Å². The van der Waals surface area contributed by atoms with Crippen LogP contribution in [-0.2, 0) is 12.8 Å². The summed E-state index contributed by atoms with van der Waals surface area (Å²) < 4.78 is 11.4. The molecule has 8 nitrogen and oxygen atoms in total. The van der Waals surface area contributed by atoms with E-state index >= 15 is 0 Å². The highest BCUT2D eigenvalue weighted by Crippen LogP contribution is 2.45. The monoisotopic (exact) mass is 472 g/mol. The SMILES string of the molecule is CCCCCc1cc2cc(O)cc(Oc3c(O)cc(O)c(C(O)O)c3CCCCC)c2c(=O)o1. The van der Waals surface area contributed by atoms with Gasteiger partial charge in [-0.15, -0.1) is 0 Å². The summed E-state index contributed by atoms with van der Waals surface area (Å²) in [7, 11) is 0. The molecule has 0 aliphatic carbocycles. The van der Waals surface area contributed by atoms with Crippen LogP contribution in [0.15, 0.2) is 33.5 Å². The molecule has 8 heteroatoms. The number of benzene rings is 2. The molecule has 34 heavy (non-hydrogen) atoms. The Bertz CT molecular complexity index is 1200. The van der Waals surface area contributed by atoms with Crippen molar-refractivity contribution in [3.05, 3.63) is 51.6 Å². The number of phenols is 3. The van der Waals surface area contributed by atoms with Crippen molar-refractivity contribution in [2.24, 2.45) is 0 Å². The minimum absolute atomic E-state index is 0.0556. The first kappa shape index (κ1) is 25.4. The Labute approximate surface area is 197 Å². The number of ether oxygens (including phenoxy) is 1. The first-order chi connectivity index (χ1) is 16.3. The number of rotatable bonds is 11. The van der Waals surface area contributed by atoms with Gasteiger partial charge in [0.05, 0.1) is 5.56 Å². The van der Waals surface area contributed by atoms with Gasteiger partial charge in [-0.3, -0.25) is 0 Å². The maximum Gasteiger partial charge on any atom is 0.347 e. The lowest BCUT2D eigenvalue weighted by molar-refractivity contribution is -0.0447. The molecular formula is C26H32O8. The zero-order valence-corrected chi connectivity index (χ0v) is 19.5. The molecular weight excluding hydrogens is 440 g/mol. The lowest BCUT2D eigenvalue weighted by Gasteiger charge is -2.20. The first-order valence-electron chi connectivity index (χ1n) is 11.7. The van der Waals surface area contributed by atoms with E-state index in [1.807, 2.05) is 6.92 Å². The van der Waals surface area contributed by atoms with Gasteiger partial charge in [-0.05, 0) is 36.8 Å². The van der Waals surface area contributed by atoms with Crippen LogP contribution in [0.2, 0.25) is 0 Å². The molecule has 2 aromatic carbocycles.